The summed E-state index contributed by atoms with van der Waals surface area (Å²) in [6.07, 6.45) is -0.484. The Morgan fingerprint density at radius 2 is 2.40 bits per heavy atom. The van der Waals surface area contributed by atoms with E-state index in [-0.39, 0.29) is 0 Å². The van der Waals surface area contributed by atoms with Gasteiger partial charge in [0.2, 0.25) is 0 Å². The fourth-order valence-electron chi connectivity index (χ4n) is 1.02. The minimum atomic E-state index is -0.484. The third kappa shape index (κ3) is 5.74. The number of aliphatic hydroxyl groups excluding tert-OH is 1. The van der Waals surface area contributed by atoms with Crippen LogP contribution in [0.5, 0.6) is 0 Å². The number of nitrogens with one attached hydrogen (secondary N) is 1. The van der Waals surface area contributed by atoms with Crippen molar-refractivity contribution in [2.75, 3.05) is 38.8 Å². The van der Waals surface area contributed by atoms with E-state index in [9.17, 15) is 5.11 Å². The number of thiophene rings is 1. The maximum Gasteiger partial charge on any atom is 0.0945 e. The molecule has 0 aromatic carbocycles. The van der Waals surface area contributed by atoms with E-state index in [0.29, 0.717) is 26.4 Å². The first kappa shape index (κ1) is 12.4. The van der Waals surface area contributed by atoms with Gasteiger partial charge < -0.3 is 19.9 Å². The number of anilines is 1. The van der Waals surface area contributed by atoms with E-state index in [2.05, 4.69) is 5.32 Å². The fourth-order valence-corrected chi connectivity index (χ4v) is 1.63. The summed E-state index contributed by atoms with van der Waals surface area (Å²) in [4.78, 5) is 0. The van der Waals surface area contributed by atoms with Crippen molar-refractivity contribution in [3.05, 3.63) is 16.8 Å². The molecule has 0 aliphatic rings. The zero-order valence-corrected chi connectivity index (χ0v) is 9.63. The molecule has 86 valence electrons. The number of methoxy groups -OCH3 is 1. The Balaban J connectivity index is 2.01. The van der Waals surface area contributed by atoms with Crippen LogP contribution in [0.3, 0.4) is 0 Å². The van der Waals surface area contributed by atoms with Gasteiger partial charge in [0, 0.05) is 24.7 Å². The number of hydrogen-bond donors (Lipinski definition) is 2. The molecule has 0 aliphatic heterocycles. The van der Waals surface area contributed by atoms with E-state index in [0.717, 1.165) is 5.69 Å². The number of hydrogen-bond acceptors (Lipinski definition) is 5. The van der Waals surface area contributed by atoms with Crippen LogP contribution in [0.25, 0.3) is 0 Å². The molecule has 0 bridgehead atoms. The van der Waals surface area contributed by atoms with E-state index in [1.807, 2.05) is 16.8 Å². The van der Waals surface area contributed by atoms with Crippen molar-refractivity contribution in [1.82, 2.24) is 0 Å². The topological polar surface area (TPSA) is 50.7 Å². The Hall–Kier alpha value is -0.620. The first-order valence-corrected chi connectivity index (χ1v) is 5.78. The molecule has 1 unspecified atom stereocenters. The molecule has 5 heteroatoms. The predicted octanol–water partition coefficient (Wildman–Crippen LogP) is 1.18. The molecule has 0 spiro atoms. The molecule has 1 heterocycles. The van der Waals surface area contributed by atoms with E-state index in [4.69, 9.17) is 9.47 Å². The van der Waals surface area contributed by atoms with Crippen LogP contribution >= 0.6 is 11.3 Å². The van der Waals surface area contributed by atoms with Gasteiger partial charge in [0.25, 0.3) is 0 Å². The molecule has 0 saturated carbocycles. The van der Waals surface area contributed by atoms with Gasteiger partial charge in [-0.25, -0.2) is 0 Å². The van der Waals surface area contributed by atoms with Crippen LogP contribution in [0.1, 0.15) is 0 Å². The minimum absolute atomic E-state index is 0.334. The molecule has 1 aromatic heterocycles. The molecular formula is C10H17NO3S. The Kier molecular flexibility index (Phi) is 6.34. The van der Waals surface area contributed by atoms with Crippen LogP contribution in [0, 0.1) is 0 Å². The van der Waals surface area contributed by atoms with Gasteiger partial charge in [-0.2, -0.15) is 11.3 Å². The average Bonchev–Trinajstić information content (AvgIpc) is 2.74. The highest BCUT2D eigenvalue weighted by atomic mass is 32.1. The predicted molar refractivity (Wildman–Crippen MR) is 61.5 cm³/mol. The summed E-state index contributed by atoms with van der Waals surface area (Å²) >= 11 is 1.62. The molecular weight excluding hydrogens is 214 g/mol. The molecule has 4 nitrogen and oxygen atoms in total. The standard InChI is InChI=1S/C10H17NO3S/c1-13-3-4-14-7-10(12)6-11-9-2-5-15-8-9/h2,5,8,10-12H,3-4,6-7H2,1H3. The molecule has 0 amide bonds. The van der Waals surface area contributed by atoms with E-state index in [1.165, 1.54) is 0 Å². The smallest absolute Gasteiger partial charge is 0.0945 e. The van der Waals surface area contributed by atoms with Crippen LogP contribution in [0.15, 0.2) is 16.8 Å². The summed E-state index contributed by atoms with van der Waals surface area (Å²) < 4.78 is 10.0. The lowest BCUT2D eigenvalue weighted by molar-refractivity contribution is 0.0182. The van der Waals surface area contributed by atoms with Crippen LogP contribution in [-0.4, -0.2) is 44.7 Å². The van der Waals surface area contributed by atoms with Crippen LogP contribution in [0.2, 0.25) is 0 Å². The monoisotopic (exact) mass is 231 g/mol. The molecule has 0 saturated heterocycles. The summed E-state index contributed by atoms with van der Waals surface area (Å²) in [5, 5.41) is 16.6. The van der Waals surface area contributed by atoms with Crippen molar-refractivity contribution >= 4 is 17.0 Å². The number of rotatable bonds is 8. The van der Waals surface area contributed by atoms with E-state index >= 15 is 0 Å². The molecule has 2 N–H and O–H groups in total. The number of aliphatic hydroxyl groups is 1. The first-order valence-electron chi connectivity index (χ1n) is 4.83. The van der Waals surface area contributed by atoms with Crippen LogP contribution in [-0.2, 0) is 9.47 Å². The normalized spacial score (nSPS) is 12.7. The van der Waals surface area contributed by atoms with Crippen molar-refractivity contribution in [1.29, 1.82) is 0 Å². The van der Waals surface area contributed by atoms with Crippen molar-refractivity contribution in [2.24, 2.45) is 0 Å². The van der Waals surface area contributed by atoms with Crippen LogP contribution in [0.4, 0.5) is 5.69 Å². The van der Waals surface area contributed by atoms with Crippen molar-refractivity contribution in [3.63, 3.8) is 0 Å². The third-order valence-corrected chi connectivity index (χ3v) is 2.49. The highest BCUT2D eigenvalue weighted by Crippen LogP contribution is 2.11. The molecule has 0 fully saturated rings. The van der Waals surface area contributed by atoms with Crippen molar-refractivity contribution in [3.8, 4) is 0 Å². The molecule has 1 rings (SSSR count). The Morgan fingerprint density at radius 3 is 3.07 bits per heavy atom. The van der Waals surface area contributed by atoms with Crippen molar-refractivity contribution in [2.45, 2.75) is 6.10 Å². The summed E-state index contributed by atoms with van der Waals surface area (Å²) in [5.74, 6) is 0. The molecule has 0 aliphatic carbocycles. The lowest BCUT2D eigenvalue weighted by atomic mass is 10.3. The quantitative estimate of drug-likeness (QED) is 0.660. The Morgan fingerprint density at radius 1 is 1.53 bits per heavy atom. The SMILES string of the molecule is COCCOCC(O)CNc1ccsc1. The third-order valence-electron chi connectivity index (χ3n) is 1.81. The Labute approximate surface area is 93.8 Å². The number of ether oxygens (including phenoxy) is 2. The zero-order chi connectivity index (χ0) is 10.9. The summed E-state index contributed by atoms with van der Waals surface area (Å²) in [6.45, 7) is 1.92. The maximum atomic E-state index is 9.52. The molecule has 0 radical (unpaired) electrons. The molecule has 1 atom stereocenters. The summed E-state index contributed by atoms with van der Waals surface area (Å²) in [5.41, 5.74) is 1.04. The van der Waals surface area contributed by atoms with Gasteiger partial charge in [0.1, 0.15) is 0 Å². The Bertz CT molecular complexity index is 241. The molecule has 15 heavy (non-hydrogen) atoms. The second-order valence-corrected chi connectivity index (χ2v) is 3.89. The van der Waals surface area contributed by atoms with Gasteiger partial charge >= 0.3 is 0 Å². The van der Waals surface area contributed by atoms with Gasteiger partial charge in [-0.1, -0.05) is 0 Å². The second kappa shape index (κ2) is 7.64. The summed E-state index contributed by atoms with van der Waals surface area (Å²) in [6, 6.07) is 1.98. The van der Waals surface area contributed by atoms with Gasteiger partial charge in [-0.05, 0) is 11.4 Å². The molecule has 1 aromatic rings. The fraction of sp³-hybridized carbons (Fsp3) is 0.600. The highest BCUT2D eigenvalue weighted by molar-refractivity contribution is 7.08. The second-order valence-electron chi connectivity index (χ2n) is 3.11. The van der Waals surface area contributed by atoms with E-state index in [1.54, 1.807) is 18.4 Å². The van der Waals surface area contributed by atoms with Gasteiger partial charge in [-0.15, -0.1) is 0 Å². The maximum absolute atomic E-state index is 9.52. The average molecular weight is 231 g/mol. The largest absolute Gasteiger partial charge is 0.389 e. The van der Waals surface area contributed by atoms with Crippen LogP contribution < -0.4 is 5.32 Å². The lowest BCUT2D eigenvalue weighted by Gasteiger charge is -2.12. The van der Waals surface area contributed by atoms with Gasteiger partial charge in [0.05, 0.1) is 25.9 Å². The summed E-state index contributed by atoms with van der Waals surface area (Å²) in [7, 11) is 1.62. The van der Waals surface area contributed by atoms with Crippen molar-refractivity contribution < 1.29 is 14.6 Å². The van der Waals surface area contributed by atoms with Gasteiger partial charge in [-0.3, -0.25) is 0 Å². The lowest BCUT2D eigenvalue weighted by Crippen LogP contribution is -2.25. The minimum Gasteiger partial charge on any atom is -0.389 e. The highest BCUT2D eigenvalue weighted by Gasteiger charge is 2.03. The first-order chi connectivity index (χ1) is 7.33. The van der Waals surface area contributed by atoms with Gasteiger partial charge in [0.15, 0.2) is 0 Å². The zero-order valence-electron chi connectivity index (χ0n) is 8.81. The van der Waals surface area contributed by atoms with E-state index < -0.39 is 6.10 Å².